The van der Waals surface area contributed by atoms with Gasteiger partial charge in [0.05, 0.1) is 0 Å². The van der Waals surface area contributed by atoms with E-state index in [1.807, 2.05) is 12.1 Å². The summed E-state index contributed by atoms with van der Waals surface area (Å²) in [5.41, 5.74) is 1.29. The summed E-state index contributed by atoms with van der Waals surface area (Å²) in [5.74, 6) is 2.51. The van der Waals surface area contributed by atoms with Crippen LogP contribution in [0, 0.1) is 23.6 Å². The second kappa shape index (κ2) is 4.59. The topological polar surface area (TPSA) is 12.0 Å². The van der Waals surface area contributed by atoms with Crippen molar-refractivity contribution in [3.8, 4) is 0 Å². The zero-order valence-corrected chi connectivity index (χ0v) is 11.3. The molecule has 2 heteroatoms. The zero-order valence-electron chi connectivity index (χ0n) is 11.3. The summed E-state index contributed by atoms with van der Waals surface area (Å²) in [7, 11) is 0. The Hall–Kier alpha value is -0.890. The molecule has 1 nitrogen and oxygen atoms in total. The average molecular weight is 259 g/mol. The van der Waals surface area contributed by atoms with Crippen molar-refractivity contribution in [2.45, 2.75) is 50.6 Å². The highest BCUT2D eigenvalue weighted by atomic mass is 19.1. The van der Waals surface area contributed by atoms with Gasteiger partial charge >= 0.3 is 0 Å². The predicted octanol–water partition coefficient (Wildman–Crippen LogP) is 4.06. The van der Waals surface area contributed by atoms with Crippen LogP contribution in [0.25, 0.3) is 0 Å². The van der Waals surface area contributed by atoms with Crippen LogP contribution in [0.2, 0.25) is 0 Å². The molecule has 0 aromatic heterocycles. The van der Waals surface area contributed by atoms with Crippen LogP contribution in [0.3, 0.4) is 0 Å². The van der Waals surface area contributed by atoms with E-state index in [-0.39, 0.29) is 5.82 Å². The summed E-state index contributed by atoms with van der Waals surface area (Å²) in [6, 6.07) is 8.36. The minimum atomic E-state index is -0.126. The van der Waals surface area contributed by atoms with Crippen molar-refractivity contribution in [2.24, 2.45) is 17.8 Å². The van der Waals surface area contributed by atoms with Gasteiger partial charge in [-0.1, -0.05) is 12.1 Å². The second-order valence-corrected chi connectivity index (χ2v) is 6.73. The van der Waals surface area contributed by atoms with E-state index in [0.29, 0.717) is 6.04 Å². The second-order valence-electron chi connectivity index (χ2n) is 6.73. The highest BCUT2D eigenvalue weighted by molar-refractivity contribution is 5.22. The average Bonchev–Trinajstić information content (AvgIpc) is 3.30. The fraction of sp³-hybridized carbons (Fsp3) is 0.647. The highest BCUT2D eigenvalue weighted by Crippen LogP contribution is 2.48. The van der Waals surface area contributed by atoms with E-state index in [0.717, 1.165) is 23.8 Å². The summed E-state index contributed by atoms with van der Waals surface area (Å²) < 4.78 is 13.1. The lowest BCUT2D eigenvalue weighted by atomic mass is 9.98. The van der Waals surface area contributed by atoms with Gasteiger partial charge in [-0.2, -0.15) is 0 Å². The summed E-state index contributed by atoms with van der Waals surface area (Å²) >= 11 is 0. The Bertz CT molecular complexity index is 431. The first kappa shape index (κ1) is 11.9. The molecule has 0 heterocycles. The van der Waals surface area contributed by atoms with Gasteiger partial charge in [0.15, 0.2) is 0 Å². The molecular formula is C17H22FN. The smallest absolute Gasteiger partial charge is 0.123 e. The van der Waals surface area contributed by atoms with Gasteiger partial charge in [0, 0.05) is 12.1 Å². The third-order valence-electron chi connectivity index (χ3n) is 4.95. The molecule has 0 radical (unpaired) electrons. The van der Waals surface area contributed by atoms with Gasteiger partial charge in [-0.15, -0.1) is 0 Å². The van der Waals surface area contributed by atoms with Crippen LogP contribution in [0.15, 0.2) is 24.3 Å². The number of hydrogen-bond donors (Lipinski definition) is 1. The monoisotopic (exact) mass is 259 g/mol. The molecular weight excluding hydrogens is 237 g/mol. The molecule has 0 saturated heterocycles. The van der Waals surface area contributed by atoms with Crippen molar-refractivity contribution in [2.75, 3.05) is 0 Å². The summed E-state index contributed by atoms with van der Waals surface area (Å²) in [4.78, 5) is 0. The summed E-state index contributed by atoms with van der Waals surface area (Å²) in [6.45, 7) is 0. The van der Waals surface area contributed by atoms with Crippen LogP contribution < -0.4 is 5.32 Å². The number of hydrogen-bond acceptors (Lipinski definition) is 1. The lowest BCUT2D eigenvalue weighted by Crippen LogP contribution is -2.37. The highest BCUT2D eigenvalue weighted by Gasteiger charge is 2.44. The molecule has 1 aromatic carbocycles. The van der Waals surface area contributed by atoms with Gasteiger partial charge in [0.25, 0.3) is 0 Å². The van der Waals surface area contributed by atoms with Gasteiger partial charge < -0.3 is 5.32 Å². The molecule has 19 heavy (non-hydrogen) atoms. The molecule has 3 aliphatic rings. The van der Waals surface area contributed by atoms with Crippen molar-refractivity contribution in [3.05, 3.63) is 35.6 Å². The maximum absolute atomic E-state index is 13.1. The first-order valence-electron chi connectivity index (χ1n) is 7.83. The van der Waals surface area contributed by atoms with Crippen molar-refractivity contribution in [3.63, 3.8) is 0 Å². The molecule has 1 unspecified atom stereocenters. The Morgan fingerprint density at radius 3 is 1.84 bits per heavy atom. The van der Waals surface area contributed by atoms with Crippen LogP contribution in [0.5, 0.6) is 0 Å². The van der Waals surface area contributed by atoms with Crippen LogP contribution in [0.1, 0.15) is 50.1 Å². The Morgan fingerprint density at radius 2 is 1.37 bits per heavy atom. The molecule has 0 bridgehead atoms. The maximum atomic E-state index is 13.1. The van der Waals surface area contributed by atoms with Gasteiger partial charge in [0.2, 0.25) is 0 Å². The third-order valence-corrected chi connectivity index (χ3v) is 4.95. The van der Waals surface area contributed by atoms with Gasteiger partial charge in [-0.25, -0.2) is 4.39 Å². The van der Waals surface area contributed by atoms with Crippen molar-refractivity contribution < 1.29 is 4.39 Å². The number of halogens is 1. The fourth-order valence-corrected chi connectivity index (χ4v) is 3.38. The van der Waals surface area contributed by atoms with Crippen LogP contribution in [0.4, 0.5) is 4.39 Å². The van der Waals surface area contributed by atoms with E-state index < -0.39 is 0 Å². The normalized spacial score (nSPS) is 24.7. The van der Waals surface area contributed by atoms with E-state index in [1.165, 1.54) is 44.1 Å². The molecule has 0 aliphatic heterocycles. The van der Waals surface area contributed by atoms with E-state index in [2.05, 4.69) is 5.32 Å². The van der Waals surface area contributed by atoms with Crippen LogP contribution in [-0.4, -0.2) is 6.04 Å². The lowest BCUT2D eigenvalue weighted by molar-refractivity contribution is 0.343. The Morgan fingerprint density at radius 1 is 0.842 bits per heavy atom. The van der Waals surface area contributed by atoms with E-state index in [1.54, 1.807) is 12.1 Å². The largest absolute Gasteiger partial charge is 0.306 e. The molecule has 3 fully saturated rings. The fourth-order valence-electron chi connectivity index (χ4n) is 3.38. The van der Waals surface area contributed by atoms with E-state index >= 15 is 0 Å². The van der Waals surface area contributed by atoms with Crippen LogP contribution >= 0.6 is 0 Å². The molecule has 1 atom stereocenters. The predicted molar refractivity (Wildman–Crippen MR) is 74.2 cm³/mol. The molecule has 3 saturated carbocycles. The summed E-state index contributed by atoms with van der Waals surface area (Å²) in [5, 5.41) is 3.95. The summed E-state index contributed by atoms with van der Waals surface area (Å²) in [6.07, 6.45) is 8.31. The molecule has 1 aromatic rings. The molecule has 4 rings (SSSR count). The Balaban J connectivity index is 1.52. The SMILES string of the molecule is Fc1ccc(C(NC(C2CC2)C2CC2)C2CC2)cc1. The minimum Gasteiger partial charge on any atom is -0.306 e. The van der Waals surface area contributed by atoms with Gasteiger partial charge in [0.1, 0.15) is 5.82 Å². The first-order valence-corrected chi connectivity index (χ1v) is 7.83. The van der Waals surface area contributed by atoms with E-state index in [9.17, 15) is 4.39 Å². The minimum absolute atomic E-state index is 0.126. The molecule has 102 valence electrons. The quantitative estimate of drug-likeness (QED) is 0.812. The van der Waals surface area contributed by atoms with Crippen molar-refractivity contribution in [1.82, 2.24) is 5.32 Å². The number of benzene rings is 1. The molecule has 0 amide bonds. The third kappa shape index (κ3) is 2.69. The first-order chi connectivity index (χ1) is 9.31. The van der Waals surface area contributed by atoms with Crippen LogP contribution in [-0.2, 0) is 0 Å². The molecule has 3 aliphatic carbocycles. The molecule has 0 spiro atoms. The number of rotatable bonds is 6. The molecule has 1 N–H and O–H groups in total. The van der Waals surface area contributed by atoms with Gasteiger partial charge in [-0.3, -0.25) is 0 Å². The van der Waals surface area contributed by atoms with E-state index in [4.69, 9.17) is 0 Å². The van der Waals surface area contributed by atoms with Crippen molar-refractivity contribution in [1.29, 1.82) is 0 Å². The standard InChI is InChI=1S/C17H22FN/c18-15-9-7-14(8-10-15)17(13-5-6-13)19-16(11-1-2-11)12-3-4-12/h7-13,16-17,19H,1-6H2. The Kier molecular flexibility index (Phi) is 2.87. The maximum Gasteiger partial charge on any atom is 0.123 e. The zero-order chi connectivity index (χ0) is 12.8. The lowest BCUT2D eigenvalue weighted by Gasteiger charge is -2.26. The van der Waals surface area contributed by atoms with Gasteiger partial charge in [-0.05, 0) is 74.0 Å². The number of nitrogens with one attached hydrogen (secondary N) is 1. The Labute approximate surface area is 114 Å². The van der Waals surface area contributed by atoms with Crippen molar-refractivity contribution >= 4 is 0 Å².